The Morgan fingerprint density at radius 3 is 1.76 bits per heavy atom. The van der Waals surface area contributed by atoms with Crippen molar-refractivity contribution in [1.82, 2.24) is 52.8 Å². The second kappa shape index (κ2) is 37.6. The number of aliphatic hydroxyl groups is 1. The van der Waals surface area contributed by atoms with E-state index in [4.69, 9.17) is 22.3 Å². The average Bonchev–Trinajstić information content (AvgIpc) is 2.81. The fraction of sp³-hybridized carbons (Fsp3) is 0.623. The summed E-state index contributed by atoms with van der Waals surface area (Å²) in [6, 6.07) is -9.04. The molecule has 1 aromatic carbocycles. The smallest absolute Gasteiger partial charge is 0.326 e. The summed E-state index contributed by atoms with van der Waals surface area (Å²) in [6.45, 7) is 6.88. The van der Waals surface area contributed by atoms with Gasteiger partial charge in [0.05, 0.1) is 25.1 Å². The maximum absolute atomic E-state index is 14.2. The number of thiol groups is 1. The number of aliphatic hydroxyl groups excluding tert-OH is 1. The van der Waals surface area contributed by atoms with Crippen LogP contribution in [0.2, 0.25) is 0 Å². The fourth-order valence-corrected chi connectivity index (χ4v) is 9.36. The number of hydrogen-bond acceptors (Lipinski definition) is 19. The summed E-state index contributed by atoms with van der Waals surface area (Å²) in [7, 11) is 0. The van der Waals surface area contributed by atoms with Crippen LogP contribution in [0.15, 0.2) is 29.3 Å². The van der Waals surface area contributed by atoms with Gasteiger partial charge in [-0.1, -0.05) is 39.8 Å². The lowest BCUT2D eigenvalue weighted by atomic mass is 10.0. The van der Waals surface area contributed by atoms with Crippen LogP contribution in [0.3, 0.4) is 0 Å². The minimum absolute atomic E-state index is 0.00612. The minimum atomic E-state index is -1.83. The maximum atomic E-state index is 14.2. The van der Waals surface area contributed by atoms with Crippen LogP contribution in [0.25, 0.3) is 0 Å². The van der Waals surface area contributed by atoms with E-state index in [1.165, 1.54) is 47.9 Å². The van der Waals surface area contributed by atoms with Gasteiger partial charge in [-0.3, -0.25) is 62.5 Å². The molecule has 1 saturated heterocycles. The number of nitrogens with one attached hydrogen (secondary N) is 9. The molecule has 10 amide bonds. The van der Waals surface area contributed by atoms with Crippen molar-refractivity contribution in [3.8, 4) is 5.75 Å². The van der Waals surface area contributed by atoms with E-state index in [-0.39, 0.29) is 69.1 Å². The summed E-state index contributed by atoms with van der Waals surface area (Å²) in [4.78, 5) is 176. The predicted molar refractivity (Wildman–Crippen MR) is 318 cm³/mol. The SMILES string of the molecule is CSCC[C@H](NC(=O)[C@@H](NC(=O)[C@@H](N)CCC(=O)O)[C@@H](C)O)C(=O)N[C@H](C(=O)N[C@@H](CCCN=C(N)N)C(=O)NCC(=O)N[C@H](C(=O)N1CCC[C@H]1C(=O)N[C@@H](CS)C(=O)N[C@@H](CC(=O)O)C(=O)N[C@@H](Cc1ccc(O)cc1)C(=O)O)C(C)C)C(C)C. The molecule has 0 aromatic heterocycles. The van der Waals surface area contributed by atoms with Gasteiger partial charge in [0.2, 0.25) is 59.1 Å². The Kier molecular flexibility index (Phi) is 32.4. The molecule has 87 heavy (non-hydrogen) atoms. The van der Waals surface area contributed by atoms with Crippen molar-refractivity contribution in [3.05, 3.63) is 29.8 Å². The van der Waals surface area contributed by atoms with Gasteiger partial charge in [0.15, 0.2) is 5.96 Å². The standard InChI is InChI=1S/C53H84N14O18S2/c1-25(2)40(65-45(77)32(17-20-87-6)60-50(82)42(27(5)68)66-43(75)30(54)15-16-38(71)72)49(81)59-31(9-7-18-57-53(55)56)44(76)58-23-37(70)64-41(26(3)4)51(83)67-19-8-10-36(67)48(80)63-35(24-86)47(79)61-33(22-39(73)74)46(78)62-34(52(84)85)21-28-11-13-29(69)14-12-28/h11-14,25-27,30-36,40-42,68-69,86H,7-10,15-24,54H2,1-6H3,(H,58,76)(H,59,81)(H,60,82)(H,61,79)(H,62,78)(H,63,80)(H,64,70)(H,65,77)(H,66,75)(H,71,72)(H,73,74)(H,84,85)(H4,55,56,57)/t27-,30+,31+,32+,33+,34+,35+,36+,40+,41+,42+/m1/s1. The number of nitrogens with zero attached hydrogens (tertiary/aromatic N) is 2. The van der Waals surface area contributed by atoms with E-state index >= 15 is 0 Å². The minimum Gasteiger partial charge on any atom is -0.508 e. The predicted octanol–water partition coefficient (Wildman–Crippen LogP) is -4.90. The number of likely N-dealkylation sites (tertiary alicyclic amines) is 1. The van der Waals surface area contributed by atoms with Crippen molar-refractivity contribution < 1.29 is 87.9 Å². The van der Waals surface area contributed by atoms with Crippen molar-refractivity contribution in [2.24, 2.45) is 34.0 Å². The number of nitrogens with two attached hydrogens (primary N) is 3. The Hall–Kier alpha value is -7.98. The molecule has 0 spiro atoms. The Morgan fingerprint density at radius 2 is 1.22 bits per heavy atom. The van der Waals surface area contributed by atoms with Crippen molar-refractivity contribution in [3.63, 3.8) is 0 Å². The van der Waals surface area contributed by atoms with Crippen LogP contribution in [0.5, 0.6) is 5.75 Å². The van der Waals surface area contributed by atoms with Gasteiger partial charge in [0.1, 0.15) is 60.1 Å². The zero-order valence-electron chi connectivity index (χ0n) is 49.2. The van der Waals surface area contributed by atoms with E-state index in [0.29, 0.717) is 17.7 Å². The molecular formula is C53H84N14O18S2. The van der Waals surface area contributed by atoms with E-state index in [9.17, 15) is 82.8 Å². The van der Waals surface area contributed by atoms with Gasteiger partial charge in [-0.15, -0.1) is 0 Å². The highest BCUT2D eigenvalue weighted by atomic mass is 32.2. The molecule has 0 bridgehead atoms. The number of aliphatic imine (C=N–C) groups is 1. The number of phenolic OH excluding ortho intramolecular Hbond substituents is 1. The lowest BCUT2D eigenvalue weighted by Gasteiger charge is -2.31. The summed E-state index contributed by atoms with van der Waals surface area (Å²) >= 11 is 5.48. The number of aromatic hydroxyl groups is 1. The molecule has 0 radical (unpaired) electrons. The van der Waals surface area contributed by atoms with Crippen molar-refractivity contribution in [2.45, 2.75) is 159 Å². The number of carbonyl (C=O) groups excluding carboxylic acids is 10. The van der Waals surface area contributed by atoms with Gasteiger partial charge in [-0.25, -0.2) is 4.79 Å². The zero-order chi connectivity index (χ0) is 65.8. The number of benzene rings is 1. The van der Waals surface area contributed by atoms with Gasteiger partial charge in [0.25, 0.3) is 0 Å². The van der Waals surface area contributed by atoms with Crippen LogP contribution < -0.4 is 65.1 Å². The highest BCUT2D eigenvalue weighted by molar-refractivity contribution is 7.98. The van der Waals surface area contributed by atoms with E-state index < -0.39 is 175 Å². The molecule has 32 nitrogen and oxygen atoms in total. The highest BCUT2D eigenvalue weighted by Crippen LogP contribution is 2.21. The molecule has 20 N–H and O–H groups in total. The fourth-order valence-electron chi connectivity index (χ4n) is 8.63. The maximum Gasteiger partial charge on any atom is 0.326 e. The molecule has 1 aliphatic rings. The Morgan fingerprint density at radius 1 is 0.667 bits per heavy atom. The number of carboxylic acid groups (broad SMARTS) is 3. The number of rotatable bonds is 38. The molecular weight excluding hydrogens is 1180 g/mol. The van der Waals surface area contributed by atoms with Crippen molar-refractivity contribution in [2.75, 3.05) is 37.4 Å². The van der Waals surface area contributed by atoms with E-state index in [2.05, 4.69) is 65.5 Å². The van der Waals surface area contributed by atoms with Gasteiger partial charge in [0, 0.05) is 31.7 Å². The summed E-state index contributed by atoms with van der Waals surface area (Å²) in [5.41, 5.74) is 17.1. The molecule has 1 aromatic rings. The molecule has 0 saturated carbocycles. The highest BCUT2D eigenvalue weighted by Gasteiger charge is 2.41. The third-order valence-corrected chi connectivity index (χ3v) is 14.5. The zero-order valence-corrected chi connectivity index (χ0v) is 51.0. The molecule has 0 aliphatic carbocycles. The summed E-state index contributed by atoms with van der Waals surface area (Å²) < 4.78 is 0. The quantitative estimate of drug-likeness (QED) is 0.0128. The first kappa shape index (κ1) is 75.1. The Balaban J connectivity index is 2.23. The van der Waals surface area contributed by atoms with Crippen molar-refractivity contribution >= 4 is 107 Å². The molecule has 34 heteroatoms. The van der Waals surface area contributed by atoms with Crippen molar-refractivity contribution in [1.29, 1.82) is 0 Å². The van der Waals surface area contributed by atoms with Crippen LogP contribution in [-0.4, -0.2) is 217 Å². The topological polar surface area (TPSA) is 525 Å². The number of carboxylic acids is 3. The molecule has 1 fully saturated rings. The number of hydrogen-bond donors (Lipinski definition) is 18. The van der Waals surface area contributed by atoms with Crippen LogP contribution in [0.1, 0.15) is 91.5 Å². The number of guanidine groups is 1. The van der Waals surface area contributed by atoms with Gasteiger partial charge >= 0.3 is 17.9 Å². The van der Waals surface area contributed by atoms with E-state index in [1.807, 2.05) is 0 Å². The lowest BCUT2D eigenvalue weighted by Crippen LogP contribution is -2.61. The van der Waals surface area contributed by atoms with Crippen LogP contribution >= 0.6 is 24.4 Å². The molecule has 2 rings (SSSR count). The number of amides is 10. The molecule has 486 valence electrons. The van der Waals surface area contributed by atoms with Gasteiger partial charge in [-0.05, 0) is 87.0 Å². The first-order valence-electron chi connectivity index (χ1n) is 27.8. The number of phenols is 1. The summed E-state index contributed by atoms with van der Waals surface area (Å²) in [5.74, 6) is -15.1. The summed E-state index contributed by atoms with van der Waals surface area (Å²) in [5, 5.41) is 70.2. The van der Waals surface area contributed by atoms with E-state index in [0.717, 1.165) is 0 Å². The van der Waals surface area contributed by atoms with Gasteiger partial charge in [-0.2, -0.15) is 24.4 Å². The van der Waals surface area contributed by atoms with Crippen LogP contribution in [-0.2, 0) is 68.7 Å². The third kappa shape index (κ3) is 26.3. The Bertz CT molecular complexity index is 2610. The monoisotopic (exact) mass is 1270 g/mol. The van der Waals surface area contributed by atoms with Crippen LogP contribution in [0, 0.1) is 11.8 Å². The van der Waals surface area contributed by atoms with E-state index in [1.54, 1.807) is 34.0 Å². The largest absolute Gasteiger partial charge is 0.508 e. The summed E-state index contributed by atoms with van der Waals surface area (Å²) in [6.07, 6.45) is -1.34. The lowest BCUT2D eigenvalue weighted by molar-refractivity contribution is -0.144. The average molecular weight is 1270 g/mol. The number of thioether (sulfide) groups is 1. The van der Waals surface area contributed by atoms with Crippen LogP contribution in [0.4, 0.5) is 0 Å². The second-order valence-electron chi connectivity index (χ2n) is 21.2. The Labute approximate surface area is 512 Å². The number of aliphatic carboxylic acids is 3. The van der Waals surface area contributed by atoms with Gasteiger partial charge < -0.3 is 95.5 Å². The molecule has 0 unspecified atom stereocenters. The molecule has 1 aliphatic heterocycles. The first-order valence-corrected chi connectivity index (χ1v) is 29.9. The second-order valence-corrected chi connectivity index (χ2v) is 22.6. The number of carbonyl (C=O) groups is 13. The first-order chi connectivity index (χ1) is 40.8. The molecule has 11 atom stereocenters. The normalized spacial score (nSPS) is 16.3. The third-order valence-electron chi connectivity index (χ3n) is 13.5. The molecule has 1 heterocycles.